The van der Waals surface area contributed by atoms with E-state index in [2.05, 4.69) is 4.72 Å². The van der Waals surface area contributed by atoms with E-state index in [9.17, 15) is 30.0 Å². The smallest absolute Gasteiger partial charge is 0.280 e. The van der Waals surface area contributed by atoms with Crippen molar-refractivity contribution in [3.05, 3.63) is 53.1 Å². The second-order valence-corrected chi connectivity index (χ2v) is 10.8. The molecule has 1 aliphatic heterocycles. The monoisotopic (exact) mass is 462 g/mol. The third-order valence-electron chi connectivity index (χ3n) is 4.82. The molecule has 0 amide bonds. The van der Waals surface area contributed by atoms with Crippen LogP contribution in [0.1, 0.15) is 29.5 Å². The quantitative estimate of drug-likeness (QED) is 0.743. The Hall–Kier alpha value is -2.27. The molecule has 2 aromatic rings. The van der Waals surface area contributed by atoms with Gasteiger partial charge in [-0.05, 0) is 74.2 Å². The van der Waals surface area contributed by atoms with E-state index in [-0.39, 0.29) is 16.3 Å². The van der Waals surface area contributed by atoms with Gasteiger partial charge in [0.2, 0.25) is 10.0 Å². The third-order valence-corrected chi connectivity index (χ3v) is 8.37. The summed E-state index contributed by atoms with van der Waals surface area (Å²) in [6.45, 7) is 3.43. The Morgan fingerprint density at radius 2 is 1.57 bits per heavy atom. The van der Waals surface area contributed by atoms with Gasteiger partial charge in [0.25, 0.3) is 10.0 Å². The van der Waals surface area contributed by atoms with Crippen molar-refractivity contribution in [2.24, 2.45) is 0 Å². The van der Waals surface area contributed by atoms with Gasteiger partial charge in [-0.25, -0.2) is 16.8 Å². The zero-order chi connectivity index (χ0) is 22.3. The number of rotatable bonds is 4. The van der Waals surface area contributed by atoms with Crippen molar-refractivity contribution in [1.29, 1.82) is 0 Å². The molecule has 0 saturated carbocycles. The Balaban J connectivity index is 1.93. The van der Waals surface area contributed by atoms with Gasteiger partial charge >= 0.3 is 6.18 Å². The van der Waals surface area contributed by atoms with Crippen LogP contribution in [0.15, 0.2) is 41.3 Å². The van der Waals surface area contributed by atoms with E-state index in [0.717, 1.165) is 24.3 Å². The number of sulfonamides is 2. The fourth-order valence-electron chi connectivity index (χ4n) is 3.51. The molecular weight excluding hydrogens is 441 g/mol. The Morgan fingerprint density at radius 3 is 2.07 bits per heavy atom. The number of nitrogens with zero attached hydrogens (tertiary/aromatic N) is 1. The van der Waals surface area contributed by atoms with Crippen LogP contribution in [0.4, 0.5) is 24.5 Å². The number of nitrogens with one attached hydrogen (secondary N) is 1. The second-order valence-electron chi connectivity index (χ2n) is 7.18. The molecule has 0 atom stereocenters. The molecule has 164 valence electrons. The molecule has 30 heavy (non-hydrogen) atoms. The summed E-state index contributed by atoms with van der Waals surface area (Å²) in [7, 11) is -7.55. The number of halogens is 3. The molecule has 1 fully saturated rings. The molecule has 0 bridgehead atoms. The SMILES string of the molecule is Cc1cc(N2CCCCS2(=O)=O)cc(C)c1S(=O)(=O)Nc1ccc(C(F)(F)F)cc1. The summed E-state index contributed by atoms with van der Waals surface area (Å²) in [6.07, 6.45) is -3.22. The first-order valence-corrected chi connectivity index (χ1v) is 12.2. The lowest BCUT2D eigenvalue weighted by Gasteiger charge is -2.29. The van der Waals surface area contributed by atoms with Crippen LogP contribution in [0.3, 0.4) is 0 Å². The predicted molar refractivity (Wildman–Crippen MR) is 109 cm³/mol. The van der Waals surface area contributed by atoms with E-state index in [1.807, 2.05) is 0 Å². The van der Waals surface area contributed by atoms with Gasteiger partial charge in [0.1, 0.15) is 0 Å². The lowest BCUT2D eigenvalue weighted by Crippen LogP contribution is -2.38. The molecule has 2 aromatic carbocycles. The van der Waals surface area contributed by atoms with Crippen LogP contribution >= 0.6 is 0 Å². The molecular formula is C19H21F3N2O4S2. The molecule has 0 unspecified atom stereocenters. The van der Waals surface area contributed by atoms with E-state index >= 15 is 0 Å². The molecule has 1 saturated heterocycles. The van der Waals surface area contributed by atoms with Crippen LogP contribution in [0.2, 0.25) is 0 Å². The number of benzene rings is 2. The summed E-state index contributed by atoms with van der Waals surface area (Å²) in [6, 6.07) is 6.66. The molecule has 0 spiro atoms. The van der Waals surface area contributed by atoms with Gasteiger partial charge in [0, 0.05) is 12.2 Å². The van der Waals surface area contributed by atoms with Crippen LogP contribution in [0, 0.1) is 13.8 Å². The maximum atomic E-state index is 12.9. The number of alkyl halides is 3. The topological polar surface area (TPSA) is 83.6 Å². The Kier molecular flexibility index (Phi) is 5.80. The van der Waals surface area contributed by atoms with Crippen molar-refractivity contribution in [3.8, 4) is 0 Å². The summed E-state index contributed by atoms with van der Waals surface area (Å²) in [5, 5.41) is 0. The highest BCUT2D eigenvalue weighted by Gasteiger charge is 2.31. The van der Waals surface area contributed by atoms with E-state index in [1.54, 1.807) is 13.8 Å². The van der Waals surface area contributed by atoms with Gasteiger partial charge in [-0.3, -0.25) is 9.03 Å². The Bertz CT molecular complexity index is 1140. The summed E-state index contributed by atoms with van der Waals surface area (Å²) < 4.78 is 92.1. The molecule has 0 aliphatic carbocycles. The summed E-state index contributed by atoms with van der Waals surface area (Å²) in [5.74, 6) is 0.0423. The van der Waals surface area contributed by atoms with E-state index < -0.39 is 31.8 Å². The van der Waals surface area contributed by atoms with Gasteiger partial charge in [-0.15, -0.1) is 0 Å². The maximum Gasteiger partial charge on any atom is 0.416 e. The van der Waals surface area contributed by atoms with Crippen LogP contribution in [-0.2, 0) is 26.2 Å². The van der Waals surface area contributed by atoms with Crippen LogP contribution < -0.4 is 9.03 Å². The second kappa shape index (κ2) is 7.77. The first kappa shape index (κ1) is 22.4. The van der Waals surface area contributed by atoms with Gasteiger partial charge in [0.15, 0.2) is 0 Å². The van der Waals surface area contributed by atoms with Gasteiger partial charge in [-0.2, -0.15) is 13.2 Å². The van der Waals surface area contributed by atoms with E-state index in [4.69, 9.17) is 0 Å². The molecule has 0 aromatic heterocycles. The molecule has 1 heterocycles. The first-order valence-electron chi connectivity index (χ1n) is 9.13. The van der Waals surface area contributed by atoms with Gasteiger partial charge < -0.3 is 0 Å². The normalized spacial score (nSPS) is 17.0. The predicted octanol–water partition coefficient (Wildman–Crippen LogP) is 4.05. The summed E-state index contributed by atoms with van der Waals surface area (Å²) >= 11 is 0. The minimum atomic E-state index is -4.52. The summed E-state index contributed by atoms with van der Waals surface area (Å²) in [4.78, 5) is -0.0412. The van der Waals surface area contributed by atoms with Crippen molar-refractivity contribution in [2.75, 3.05) is 21.3 Å². The standard InChI is InChI=1S/C19H21F3N2O4S2/c1-13-11-17(24-9-3-4-10-29(24,25)26)12-14(2)18(13)30(27,28)23-16-7-5-15(6-8-16)19(20,21)22/h5-8,11-12,23H,3-4,9-10H2,1-2H3. The fraction of sp³-hybridized carbons (Fsp3) is 0.368. The molecule has 1 aliphatic rings. The first-order chi connectivity index (χ1) is 13.8. The zero-order valence-corrected chi connectivity index (χ0v) is 18.0. The molecule has 1 N–H and O–H groups in total. The molecule has 11 heteroatoms. The van der Waals surface area contributed by atoms with E-state index in [0.29, 0.717) is 36.2 Å². The van der Waals surface area contributed by atoms with E-state index in [1.165, 1.54) is 16.4 Å². The zero-order valence-electron chi connectivity index (χ0n) is 16.3. The number of anilines is 2. The van der Waals surface area contributed by atoms with Crippen molar-refractivity contribution >= 4 is 31.4 Å². The minimum absolute atomic E-state index is 0.00974. The largest absolute Gasteiger partial charge is 0.416 e. The van der Waals surface area contributed by atoms with Crippen molar-refractivity contribution in [1.82, 2.24) is 0 Å². The average Bonchev–Trinajstić information content (AvgIpc) is 2.59. The third kappa shape index (κ3) is 4.56. The summed E-state index contributed by atoms with van der Waals surface area (Å²) in [5.41, 5.74) is 0.183. The molecule has 0 radical (unpaired) electrons. The fourth-order valence-corrected chi connectivity index (χ4v) is 6.64. The van der Waals surface area contributed by atoms with Gasteiger partial charge in [0.05, 0.1) is 21.9 Å². The number of hydrogen-bond acceptors (Lipinski definition) is 4. The molecule has 6 nitrogen and oxygen atoms in total. The number of aryl methyl sites for hydroxylation is 2. The highest BCUT2D eigenvalue weighted by Crippen LogP contribution is 2.32. The van der Waals surface area contributed by atoms with Crippen LogP contribution in [-0.4, -0.2) is 29.1 Å². The van der Waals surface area contributed by atoms with Crippen molar-refractivity contribution in [2.45, 2.75) is 37.8 Å². The van der Waals surface area contributed by atoms with Crippen molar-refractivity contribution < 1.29 is 30.0 Å². The lowest BCUT2D eigenvalue weighted by molar-refractivity contribution is -0.137. The van der Waals surface area contributed by atoms with Gasteiger partial charge in [-0.1, -0.05) is 0 Å². The average molecular weight is 463 g/mol. The minimum Gasteiger partial charge on any atom is -0.280 e. The highest BCUT2D eigenvalue weighted by atomic mass is 32.2. The molecule has 3 rings (SSSR count). The van der Waals surface area contributed by atoms with Crippen LogP contribution in [0.5, 0.6) is 0 Å². The number of hydrogen-bond donors (Lipinski definition) is 1. The van der Waals surface area contributed by atoms with Crippen LogP contribution in [0.25, 0.3) is 0 Å². The lowest BCUT2D eigenvalue weighted by atomic mass is 10.1. The Morgan fingerprint density at radius 1 is 1.00 bits per heavy atom. The Labute approximate surface area is 173 Å². The van der Waals surface area contributed by atoms with Crippen molar-refractivity contribution in [3.63, 3.8) is 0 Å². The maximum absolute atomic E-state index is 12.9. The highest BCUT2D eigenvalue weighted by molar-refractivity contribution is 7.93.